The fourth-order valence-corrected chi connectivity index (χ4v) is 6.09. The second kappa shape index (κ2) is 13.3. The molecule has 2 unspecified atom stereocenters. The number of unbranched alkanes of at least 4 members (excludes halogenated alkanes) is 1. The van der Waals surface area contributed by atoms with Gasteiger partial charge in [-0.3, -0.25) is 9.59 Å². The number of halogens is 2. The van der Waals surface area contributed by atoms with Crippen molar-refractivity contribution in [2.75, 3.05) is 19.8 Å². The van der Waals surface area contributed by atoms with E-state index >= 15 is 0 Å². The van der Waals surface area contributed by atoms with E-state index < -0.39 is 42.5 Å². The van der Waals surface area contributed by atoms with Crippen LogP contribution in [0, 0.1) is 19.3 Å². The molecule has 222 valence electrons. The number of amides is 1. The van der Waals surface area contributed by atoms with Crippen molar-refractivity contribution in [2.45, 2.75) is 105 Å². The number of alkyl halides is 2. The Kier molecular flexibility index (Phi) is 10.6. The highest BCUT2D eigenvalue weighted by Gasteiger charge is 2.62. The van der Waals surface area contributed by atoms with E-state index in [0.29, 0.717) is 32.6 Å². The lowest BCUT2D eigenvalue weighted by Crippen LogP contribution is -2.54. The summed E-state index contributed by atoms with van der Waals surface area (Å²) in [6.07, 6.45) is 2.70. The van der Waals surface area contributed by atoms with Gasteiger partial charge >= 0.3 is 5.97 Å². The highest BCUT2D eigenvalue weighted by Crippen LogP contribution is 2.54. The number of ether oxygens (including phenoxy) is 2. The second-order valence-corrected chi connectivity index (χ2v) is 11.5. The number of carbonyl (C=O) groups excluding carboxylic acids is 1. The van der Waals surface area contributed by atoms with Gasteiger partial charge in [0.1, 0.15) is 5.76 Å². The van der Waals surface area contributed by atoms with E-state index in [1.54, 1.807) is 4.90 Å². The van der Waals surface area contributed by atoms with Crippen LogP contribution in [0.4, 0.5) is 8.78 Å². The molecule has 0 aliphatic heterocycles. The zero-order valence-corrected chi connectivity index (χ0v) is 24.8. The van der Waals surface area contributed by atoms with Crippen LogP contribution in [0.2, 0.25) is 0 Å². The molecule has 0 radical (unpaired) electrons. The van der Waals surface area contributed by atoms with E-state index in [0.717, 1.165) is 29.7 Å². The van der Waals surface area contributed by atoms with E-state index in [4.69, 9.17) is 9.47 Å². The Hall–Kier alpha value is -2.74. The van der Waals surface area contributed by atoms with E-state index in [2.05, 4.69) is 32.0 Å². The van der Waals surface area contributed by atoms with Crippen molar-refractivity contribution in [3.05, 3.63) is 57.9 Å². The molecule has 1 fully saturated rings. The molecule has 0 spiro atoms. The maximum absolute atomic E-state index is 13.8. The van der Waals surface area contributed by atoms with Gasteiger partial charge in [0.25, 0.3) is 0 Å². The summed E-state index contributed by atoms with van der Waals surface area (Å²) in [5.41, 5.74) is 3.86. The maximum atomic E-state index is 13.8. The van der Waals surface area contributed by atoms with Crippen molar-refractivity contribution < 1.29 is 33.0 Å². The first-order valence-corrected chi connectivity index (χ1v) is 14.4. The van der Waals surface area contributed by atoms with Crippen LogP contribution in [0.3, 0.4) is 0 Å². The quantitative estimate of drug-likeness (QED) is 0.254. The highest BCUT2D eigenvalue weighted by atomic mass is 19.3. The summed E-state index contributed by atoms with van der Waals surface area (Å²) in [7, 11) is 0. The van der Waals surface area contributed by atoms with Gasteiger partial charge in [-0.25, -0.2) is 8.78 Å². The lowest BCUT2D eigenvalue weighted by molar-refractivity contribution is -0.197. The average molecular weight is 562 g/mol. The molecule has 1 saturated carbocycles. The van der Waals surface area contributed by atoms with Gasteiger partial charge in [-0.15, -0.1) is 0 Å². The zero-order chi connectivity index (χ0) is 29.7. The Morgan fingerprint density at radius 3 is 2.27 bits per heavy atom. The molecule has 2 atom stereocenters. The molecule has 0 saturated heterocycles. The number of allylic oxidation sites excluding steroid dienone is 1. The van der Waals surface area contributed by atoms with Crippen LogP contribution >= 0.6 is 0 Å². The van der Waals surface area contributed by atoms with E-state index in [1.807, 2.05) is 33.8 Å². The van der Waals surface area contributed by atoms with Crippen LogP contribution in [0.1, 0.15) is 82.9 Å². The minimum atomic E-state index is -3.05. The van der Waals surface area contributed by atoms with Gasteiger partial charge < -0.3 is 19.5 Å². The number of rotatable bonds is 14. The predicted molar refractivity (Wildman–Crippen MR) is 151 cm³/mol. The van der Waals surface area contributed by atoms with Gasteiger partial charge in [-0.2, -0.15) is 0 Å². The Bertz CT molecular complexity index is 1110. The number of aryl methyl sites for hydroxylation is 3. The summed E-state index contributed by atoms with van der Waals surface area (Å²) < 4.78 is 39.5. The molecular formula is C32H45F2NO5. The van der Waals surface area contributed by atoms with Crippen molar-refractivity contribution in [3.8, 4) is 0 Å². The Morgan fingerprint density at radius 2 is 1.73 bits per heavy atom. The van der Waals surface area contributed by atoms with Crippen molar-refractivity contribution in [1.82, 2.24) is 4.90 Å². The third-order valence-corrected chi connectivity index (χ3v) is 8.13. The minimum absolute atomic E-state index is 0.189. The number of carboxylic acids is 1. The SMILES string of the molecule is CCOC1=C(C)C(OCC)CC(C(C)N(CCCCc2cc(C)cc(C)c2)C(=O)CC2(C(=O)O)CC(F)(F)C2)=C1. The molecule has 2 aliphatic rings. The fraction of sp³-hybridized carbons (Fsp3) is 0.625. The first-order chi connectivity index (χ1) is 18.8. The highest BCUT2D eigenvalue weighted by molar-refractivity contribution is 5.86. The molecule has 6 nitrogen and oxygen atoms in total. The zero-order valence-electron chi connectivity index (χ0n) is 24.8. The van der Waals surface area contributed by atoms with Gasteiger partial charge in [-0.1, -0.05) is 29.3 Å². The molecular weight excluding hydrogens is 516 g/mol. The van der Waals surface area contributed by atoms with E-state index in [9.17, 15) is 23.5 Å². The van der Waals surface area contributed by atoms with Gasteiger partial charge in [-0.05, 0) is 83.6 Å². The molecule has 1 N–H and O–H groups in total. The topological polar surface area (TPSA) is 76.1 Å². The van der Waals surface area contributed by atoms with Crippen LogP contribution in [-0.2, 0) is 25.5 Å². The number of nitrogens with zero attached hydrogens (tertiary/aromatic N) is 1. The Balaban J connectivity index is 1.82. The number of carboxylic acid groups (broad SMARTS) is 1. The van der Waals surface area contributed by atoms with Crippen LogP contribution in [0.25, 0.3) is 0 Å². The lowest BCUT2D eigenvalue weighted by atomic mass is 9.63. The van der Waals surface area contributed by atoms with Crippen LogP contribution < -0.4 is 0 Å². The van der Waals surface area contributed by atoms with Crippen molar-refractivity contribution in [2.24, 2.45) is 5.41 Å². The number of carbonyl (C=O) groups is 2. The van der Waals surface area contributed by atoms with Gasteiger partial charge in [0.15, 0.2) is 0 Å². The first kappa shape index (κ1) is 31.8. The molecule has 0 heterocycles. The summed E-state index contributed by atoms with van der Waals surface area (Å²) in [5.74, 6) is -4.07. The Morgan fingerprint density at radius 1 is 1.07 bits per heavy atom. The smallest absolute Gasteiger partial charge is 0.310 e. The number of hydrogen-bond donors (Lipinski definition) is 1. The van der Waals surface area contributed by atoms with Crippen molar-refractivity contribution in [1.29, 1.82) is 0 Å². The standard InChI is InChI=1S/C32H45F2NO5/c1-7-39-27-16-26(17-28(23(27)5)40-8-2)24(6)35(12-10-9-11-25-14-21(3)13-22(4)15-25)29(36)18-31(30(37)38)19-32(33,34)20-31/h13-16,24,28H,7-12,17-20H2,1-6H3,(H,37,38). The third-order valence-electron chi connectivity index (χ3n) is 8.13. The summed E-state index contributed by atoms with van der Waals surface area (Å²) in [6.45, 7) is 13.3. The first-order valence-electron chi connectivity index (χ1n) is 14.4. The molecule has 0 aromatic heterocycles. The summed E-state index contributed by atoms with van der Waals surface area (Å²) in [5, 5.41) is 9.78. The number of benzene rings is 1. The second-order valence-electron chi connectivity index (χ2n) is 11.5. The fourth-order valence-electron chi connectivity index (χ4n) is 6.09. The molecule has 3 rings (SSSR count). The summed E-state index contributed by atoms with van der Waals surface area (Å²) >= 11 is 0. The van der Waals surface area contributed by atoms with Gasteiger partial charge in [0, 0.05) is 38.8 Å². The monoisotopic (exact) mass is 561 g/mol. The number of hydrogen-bond acceptors (Lipinski definition) is 4. The molecule has 1 amide bonds. The third kappa shape index (κ3) is 7.71. The number of aliphatic carboxylic acids is 1. The van der Waals surface area contributed by atoms with Crippen LogP contribution in [-0.4, -0.2) is 59.7 Å². The molecule has 40 heavy (non-hydrogen) atoms. The van der Waals surface area contributed by atoms with Crippen molar-refractivity contribution in [3.63, 3.8) is 0 Å². The lowest BCUT2D eigenvalue weighted by Gasteiger charge is -2.45. The summed E-state index contributed by atoms with van der Waals surface area (Å²) in [6, 6.07) is 6.09. The summed E-state index contributed by atoms with van der Waals surface area (Å²) in [4.78, 5) is 27.4. The van der Waals surface area contributed by atoms with Crippen molar-refractivity contribution >= 4 is 11.9 Å². The van der Waals surface area contributed by atoms with Gasteiger partial charge in [0.05, 0.1) is 24.2 Å². The molecule has 0 bridgehead atoms. The largest absolute Gasteiger partial charge is 0.494 e. The van der Waals surface area contributed by atoms with Crippen LogP contribution in [0.15, 0.2) is 41.2 Å². The van der Waals surface area contributed by atoms with E-state index in [-0.39, 0.29) is 12.1 Å². The molecule has 1 aromatic rings. The molecule has 8 heteroatoms. The molecule has 2 aliphatic carbocycles. The van der Waals surface area contributed by atoms with Crippen LogP contribution in [0.5, 0.6) is 0 Å². The predicted octanol–water partition coefficient (Wildman–Crippen LogP) is 6.78. The maximum Gasteiger partial charge on any atom is 0.310 e. The minimum Gasteiger partial charge on any atom is -0.494 e. The normalized spacial score (nSPS) is 20.4. The average Bonchev–Trinajstić information content (AvgIpc) is 2.84. The van der Waals surface area contributed by atoms with E-state index in [1.165, 1.54) is 16.7 Å². The molecule has 1 aromatic carbocycles. The Labute approximate surface area is 237 Å². The van der Waals surface area contributed by atoms with Gasteiger partial charge in [0.2, 0.25) is 11.8 Å².